The zero-order chi connectivity index (χ0) is 24.2. The molecule has 3 N–H and O–H groups in total. The van der Waals surface area contributed by atoms with E-state index >= 15 is 0 Å². The fourth-order valence-electron chi connectivity index (χ4n) is 3.90. The minimum atomic E-state index is -1.03. The van der Waals surface area contributed by atoms with Crippen LogP contribution in [0, 0.1) is 0 Å². The second-order valence-corrected chi connectivity index (χ2v) is 7.99. The Bertz CT molecular complexity index is 1540. The maximum atomic E-state index is 12.8. The van der Waals surface area contributed by atoms with E-state index in [1.807, 2.05) is 48.5 Å². The van der Waals surface area contributed by atoms with Gasteiger partial charge in [0, 0.05) is 22.7 Å². The number of carbonyl (C=O) groups is 2. The van der Waals surface area contributed by atoms with E-state index < -0.39 is 5.97 Å². The highest BCUT2D eigenvalue weighted by atomic mass is 16.4. The summed E-state index contributed by atoms with van der Waals surface area (Å²) in [4.78, 5) is 32.2. The number of benzene rings is 3. The van der Waals surface area contributed by atoms with Gasteiger partial charge >= 0.3 is 5.97 Å². The fourth-order valence-corrected chi connectivity index (χ4v) is 3.90. The zero-order valence-electron chi connectivity index (χ0n) is 18.6. The highest BCUT2D eigenvalue weighted by Crippen LogP contribution is 2.26. The number of aromatic nitrogens is 2. The first kappa shape index (κ1) is 21.9. The van der Waals surface area contributed by atoms with Crippen molar-refractivity contribution in [3.8, 4) is 11.1 Å². The van der Waals surface area contributed by atoms with Crippen molar-refractivity contribution in [1.82, 2.24) is 9.97 Å². The van der Waals surface area contributed by atoms with Crippen LogP contribution >= 0.6 is 0 Å². The summed E-state index contributed by atoms with van der Waals surface area (Å²) in [5.41, 5.74) is 5.18. The Morgan fingerprint density at radius 1 is 0.829 bits per heavy atom. The first-order valence-electron chi connectivity index (χ1n) is 11.0. The molecule has 0 aliphatic carbocycles. The summed E-state index contributed by atoms with van der Waals surface area (Å²) >= 11 is 0. The van der Waals surface area contributed by atoms with Gasteiger partial charge in [0.2, 0.25) is 0 Å². The molecule has 0 unspecified atom stereocenters. The van der Waals surface area contributed by atoms with Gasteiger partial charge in [0.25, 0.3) is 5.91 Å². The maximum absolute atomic E-state index is 12.8. The van der Waals surface area contributed by atoms with Crippen molar-refractivity contribution in [2.45, 2.75) is 0 Å². The molecule has 0 spiro atoms. The Labute approximate surface area is 201 Å². The van der Waals surface area contributed by atoms with Gasteiger partial charge in [-0.25, -0.2) is 9.78 Å². The van der Waals surface area contributed by atoms with Crippen LogP contribution in [0.3, 0.4) is 0 Å². The normalized spacial score (nSPS) is 11.4. The lowest BCUT2D eigenvalue weighted by Crippen LogP contribution is -2.11. The number of fused-ring (bicyclic) bond motifs is 1. The molecule has 0 radical (unpaired) electrons. The standard InChI is InChI=1S/C29H21N3O3/c33-28(22-13-11-20(12-14-22)19-7-3-1-4-8-19)32-24-16-25-23(17-30-27(25)31-18-24)15-26(29(34)35)21-9-5-2-6-10-21/h1-18H,(H,30,31)(H,32,33)(H,34,35). The summed E-state index contributed by atoms with van der Waals surface area (Å²) in [6.45, 7) is 0. The average molecular weight is 460 g/mol. The van der Waals surface area contributed by atoms with Crippen LogP contribution in [0.2, 0.25) is 0 Å². The second kappa shape index (κ2) is 9.49. The number of carbonyl (C=O) groups excluding carboxylic acids is 1. The summed E-state index contributed by atoms with van der Waals surface area (Å²) in [5.74, 6) is -1.28. The van der Waals surface area contributed by atoms with Crippen molar-refractivity contribution in [2.75, 3.05) is 5.32 Å². The Balaban J connectivity index is 1.41. The van der Waals surface area contributed by atoms with Gasteiger partial charge in [0.15, 0.2) is 0 Å². The van der Waals surface area contributed by atoms with Crippen LogP contribution in [-0.4, -0.2) is 27.0 Å². The number of aliphatic carboxylic acids is 1. The molecular formula is C29H21N3O3. The maximum Gasteiger partial charge on any atom is 0.336 e. The summed E-state index contributed by atoms with van der Waals surface area (Å²) < 4.78 is 0. The quantitative estimate of drug-likeness (QED) is 0.267. The van der Waals surface area contributed by atoms with Crippen LogP contribution in [0.5, 0.6) is 0 Å². The lowest BCUT2D eigenvalue weighted by Gasteiger charge is -2.07. The van der Waals surface area contributed by atoms with Gasteiger partial charge in [-0.3, -0.25) is 4.79 Å². The van der Waals surface area contributed by atoms with Gasteiger partial charge in [-0.1, -0.05) is 72.8 Å². The smallest absolute Gasteiger partial charge is 0.336 e. The highest BCUT2D eigenvalue weighted by molar-refractivity contribution is 6.21. The summed E-state index contributed by atoms with van der Waals surface area (Å²) in [5, 5.41) is 13.3. The summed E-state index contributed by atoms with van der Waals surface area (Å²) in [6, 6.07) is 28.1. The highest BCUT2D eigenvalue weighted by Gasteiger charge is 2.13. The number of H-pyrrole nitrogens is 1. The molecular weight excluding hydrogens is 438 g/mol. The number of carboxylic acids is 1. The Kier molecular flexibility index (Phi) is 5.92. The Hall–Kier alpha value is -4.97. The van der Waals surface area contributed by atoms with Crippen molar-refractivity contribution in [3.63, 3.8) is 0 Å². The molecule has 2 heterocycles. The minimum Gasteiger partial charge on any atom is -0.478 e. The van der Waals surface area contributed by atoms with Crippen molar-refractivity contribution in [3.05, 3.63) is 120 Å². The van der Waals surface area contributed by atoms with E-state index in [9.17, 15) is 14.7 Å². The molecule has 0 saturated heterocycles. The zero-order valence-corrected chi connectivity index (χ0v) is 18.6. The molecule has 2 aromatic heterocycles. The van der Waals surface area contributed by atoms with E-state index in [4.69, 9.17) is 0 Å². The van der Waals surface area contributed by atoms with Crippen LogP contribution in [0.25, 0.3) is 33.8 Å². The summed E-state index contributed by atoms with van der Waals surface area (Å²) in [6.07, 6.45) is 4.88. The van der Waals surface area contributed by atoms with Crippen LogP contribution in [0.1, 0.15) is 21.5 Å². The Morgan fingerprint density at radius 3 is 2.17 bits per heavy atom. The third-order valence-electron chi connectivity index (χ3n) is 5.69. The first-order valence-corrected chi connectivity index (χ1v) is 11.0. The predicted octanol–water partition coefficient (Wildman–Crippen LogP) is 6.11. The van der Waals surface area contributed by atoms with E-state index in [1.54, 1.807) is 60.9 Å². The van der Waals surface area contributed by atoms with Crippen LogP contribution in [0.4, 0.5) is 5.69 Å². The molecule has 1 amide bonds. The van der Waals surface area contributed by atoms with Gasteiger partial charge in [-0.05, 0) is 41.0 Å². The van der Waals surface area contributed by atoms with E-state index in [-0.39, 0.29) is 11.5 Å². The van der Waals surface area contributed by atoms with Gasteiger partial charge < -0.3 is 15.4 Å². The van der Waals surface area contributed by atoms with Crippen molar-refractivity contribution < 1.29 is 14.7 Å². The van der Waals surface area contributed by atoms with Crippen LogP contribution < -0.4 is 5.32 Å². The van der Waals surface area contributed by atoms with Gasteiger partial charge in [0.05, 0.1) is 17.5 Å². The molecule has 0 atom stereocenters. The average Bonchev–Trinajstić information content (AvgIpc) is 3.30. The van der Waals surface area contributed by atoms with E-state index in [2.05, 4.69) is 15.3 Å². The lowest BCUT2D eigenvalue weighted by atomic mass is 10.0. The SMILES string of the molecule is O=C(O)C(=Cc1c[nH]c2ncc(NC(=O)c3ccc(-c4ccccc4)cc3)cc12)c1ccccc1. The van der Waals surface area contributed by atoms with Crippen molar-refractivity contribution in [2.24, 2.45) is 0 Å². The number of carboxylic acid groups (broad SMARTS) is 1. The topological polar surface area (TPSA) is 95.1 Å². The number of nitrogens with one attached hydrogen (secondary N) is 2. The molecule has 170 valence electrons. The lowest BCUT2D eigenvalue weighted by molar-refractivity contribution is -0.130. The van der Waals surface area contributed by atoms with E-state index in [0.717, 1.165) is 11.1 Å². The number of hydrogen-bond donors (Lipinski definition) is 3. The second-order valence-electron chi connectivity index (χ2n) is 7.99. The van der Waals surface area contributed by atoms with Gasteiger partial charge in [-0.2, -0.15) is 0 Å². The molecule has 6 heteroatoms. The number of hydrogen-bond acceptors (Lipinski definition) is 3. The number of nitrogens with zero attached hydrogens (tertiary/aromatic N) is 1. The minimum absolute atomic E-state index is 0.166. The Morgan fingerprint density at radius 2 is 1.49 bits per heavy atom. The fraction of sp³-hybridized carbons (Fsp3) is 0. The van der Waals surface area contributed by atoms with Crippen molar-refractivity contribution in [1.29, 1.82) is 0 Å². The number of amides is 1. The number of aromatic amines is 1. The molecule has 0 aliphatic heterocycles. The molecule has 5 aromatic rings. The predicted molar refractivity (Wildman–Crippen MR) is 138 cm³/mol. The molecule has 35 heavy (non-hydrogen) atoms. The third-order valence-corrected chi connectivity index (χ3v) is 5.69. The number of rotatable bonds is 6. The van der Waals surface area contributed by atoms with E-state index in [1.165, 1.54) is 0 Å². The van der Waals surface area contributed by atoms with Crippen LogP contribution in [0.15, 0.2) is 103 Å². The molecule has 5 rings (SSSR count). The third kappa shape index (κ3) is 4.72. The molecule has 0 saturated carbocycles. The van der Waals surface area contributed by atoms with Gasteiger partial charge in [0.1, 0.15) is 5.65 Å². The monoisotopic (exact) mass is 459 g/mol. The number of anilines is 1. The molecule has 3 aromatic carbocycles. The van der Waals surface area contributed by atoms with E-state index in [0.29, 0.717) is 33.4 Å². The molecule has 0 fully saturated rings. The summed E-state index contributed by atoms with van der Waals surface area (Å²) in [7, 11) is 0. The largest absolute Gasteiger partial charge is 0.478 e. The first-order chi connectivity index (χ1) is 17.1. The molecule has 0 aliphatic rings. The van der Waals surface area contributed by atoms with Gasteiger partial charge in [-0.15, -0.1) is 0 Å². The van der Waals surface area contributed by atoms with Crippen LogP contribution in [-0.2, 0) is 4.79 Å². The molecule has 6 nitrogen and oxygen atoms in total. The van der Waals surface area contributed by atoms with Crippen molar-refractivity contribution >= 4 is 40.2 Å². The number of pyridine rings is 1. The molecule has 0 bridgehead atoms.